The zero-order valence-electron chi connectivity index (χ0n) is 22.7. The number of likely N-dealkylation sites (N-methyl/N-ethyl adjacent to an activating group) is 1. The molecule has 0 aliphatic rings. The number of H-pyrrole nitrogens is 1. The Hall–Kier alpha value is -4.65. The van der Waals surface area contributed by atoms with Gasteiger partial charge in [-0.3, -0.25) is 14.9 Å². The van der Waals surface area contributed by atoms with Gasteiger partial charge in [0, 0.05) is 62.8 Å². The van der Waals surface area contributed by atoms with Gasteiger partial charge in [0.25, 0.3) is 0 Å². The number of halogens is 5. The van der Waals surface area contributed by atoms with Crippen LogP contribution in [-0.2, 0) is 4.79 Å². The summed E-state index contributed by atoms with van der Waals surface area (Å²) in [4.78, 5) is 20.9. The van der Waals surface area contributed by atoms with Crippen LogP contribution in [0, 0.1) is 11.8 Å². The summed E-state index contributed by atoms with van der Waals surface area (Å²) in [5.74, 6) is -1.62. The van der Waals surface area contributed by atoms with E-state index in [4.69, 9.17) is 4.74 Å². The van der Waals surface area contributed by atoms with Gasteiger partial charge in [-0.25, -0.2) is 9.37 Å². The number of carbonyl (C=O) groups is 1. The third-order valence-corrected chi connectivity index (χ3v) is 6.09. The van der Waals surface area contributed by atoms with Crippen LogP contribution in [0.5, 0.6) is 5.88 Å². The molecular formula is C29H27F5N6O2. The summed E-state index contributed by atoms with van der Waals surface area (Å²) >= 11 is 0. The Morgan fingerprint density at radius 3 is 2.57 bits per heavy atom. The second-order valence-electron chi connectivity index (χ2n) is 9.34. The quantitative estimate of drug-likeness (QED) is 0.143. The Bertz CT molecular complexity index is 1600. The number of aromatic amines is 1. The first-order valence-electron chi connectivity index (χ1n) is 12.7. The van der Waals surface area contributed by atoms with Crippen LogP contribution in [0.2, 0.25) is 0 Å². The van der Waals surface area contributed by atoms with Crippen molar-refractivity contribution in [1.82, 2.24) is 30.4 Å². The molecule has 1 amide bonds. The maximum absolute atomic E-state index is 14.9. The van der Waals surface area contributed by atoms with Crippen molar-refractivity contribution in [3.63, 3.8) is 0 Å². The molecule has 0 bridgehead atoms. The standard InChI is InChI=1S/C29H27F5N6O2/c1-40(2)26(41)4-3-10-35-12-13-42-25-8-6-19(16-37-25)27(18-5-7-24-21(14-18)28(31)39-38-24)22(15-29(32,33)34)20-9-11-36-17-23(20)30/h3-9,11,14,16-17,35H,10,12-13,15H2,1-2H3,(H,38,39). The van der Waals surface area contributed by atoms with E-state index >= 15 is 0 Å². The fraction of sp³-hybridized carbons (Fsp3) is 0.241. The molecule has 0 spiro atoms. The van der Waals surface area contributed by atoms with E-state index in [0.29, 0.717) is 13.1 Å². The van der Waals surface area contributed by atoms with E-state index in [9.17, 15) is 26.7 Å². The first-order valence-corrected chi connectivity index (χ1v) is 12.7. The minimum atomic E-state index is -4.69. The average Bonchev–Trinajstić information content (AvgIpc) is 3.32. The normalized spacial score (nSPS) is 12.5. The molecule has 4 aromatic rings. The molecule has 0 radical (unpaired) electrons. The molecule has 1 aromatic carbocycles. The van der Waals surface area contributed by atoms with Crippen LogP contribution in [0.1, 0.15) is 23.1 Å². The molecule has 0 unspecified atom stereocenters. The number of pyridine rings is 2. The van der Waals surface area contributed by atoms with E-state index in [1.807, 2.05) is 0 Å². The molecule has 42 heavy (non-hydrogen) atoms. The van der Waals surface area contributed by atoms with Crippen molar-refractivity contribution in [3.05, 3.63) is 95.6 Å². The fourth-order valence-corrected chi connectivity index (χ4v) is 4.12. The summed E-state index contributed by atoms with van der Waals surface area (Å²) in [6.45, 7) is 1.10. The first kappa shape index (κ1) is 30.3. The first-order chi connectivity index (χ1) is 20.0. The second kappa shape index (κ2) is 13.3. The highest BCUT2D eigenvalue weighted by molar-refractivity contribution is 6.00. The summed E-state index contributed by atoms with van der Waals surface area (Å²) in [7, 11) is 3.30. The minimum absolute atomic E-state index is 0.0136. The van der Waals surface area contributed by atoms with E-state index in [0.717, 1.165) is 12.3 Å². The van der Waals surface area contributed by atoms with E-state index < -0.39 is 24.4 Å². The number of rotatable bonds is 11. The molecule has 0 atom stereocenters. The molecule has 0 aliphatic carbocycles. The van der Waals surface area contributed by atoms with Crippen LogP contribution in [-0.4, -0.2) is 70.9 Å². The number of nitrogens with one attached hydrogen (secondary N) is 2. The van der Waals surface area contributed by atoms with Crippen molar-refractivity contribution >= 4 is 28.0 Å². The molecule has 2 N–H and O–H groups in total. The van der Waals surface area contributed by atoms with Gasteiger partial charge in [0.15, 0.2) is 0 Å². The van der Waals surface area contributed by atoms with Gasteiger partial charge in [0.2, 0.25) is 17.7 Å². The van der Waals surface area contributed by atoms with Crippen LogP contribution in [0.3, 0.4) is 0 Å². The molecule has 13 heteroatoms. The molecule has 4 rings (SSSR count). The largest absolute Gasteiger partial charge is 0.476 e. The maximum atomic E-state index is 14.9. The highest BCUT2D eigenvalue weighted by Gasteiger charge is 2.33. The number of alkyl halides is 3. The third kappa shape index (κ3) is 7.75. The molecule has 0 aliphatic heterocycles. The van der Waals surface area contributed by atoms with Crippen molar-refractivity contribution in [3.8, 4) is 5.88 Å². The van der Waals surface area contributed by atoms with E-state index in [-0.39, 0.29) is 57.1 Å². The van der Waals surface area contributed by atoms with Gasteiger partial charge in [-0.05, 0) is 41.0 Å². The van der Waals surface area contributed by atoms with Gasteiger partial charge in [-0.2, -0.15) is 22.7 Å². The van der Waals surface area contributed by atoms with Crippen LogP contribution in [0.25, 0.3) is 22.0 Å². The van der Waals surface area contributed by atoms with Crippen molar-refractivity contribution in [2.24, 2.45) is 0 Å². The number of hydrogen-bond acceptors (Lipinski definition) is 6. The number of fused-ring (bicyclic) bond motifs is 1. The van der Waals surface area contributed by atoms with Gasteiger partial charge in [0.05, 0.1) is 23.5 Å². The predicted octanol–water partition coefficient (Wildman–Crippen LogP) is 5.16. The lowest BCUT2D eigenvalue weighted by atomic mass is 9.88. The number of nitrogens with zero attached hydrogens (tertiary/aromatic N) is 4. The molecule has 0 saturated heterocycles. The summed E-state index contributed by atoms with van der Waals surface area (Å²) in [6, 6.07) is 8.46. The Balaban J connectivity index is 1.64. The molecule has 3 heterocycles. The van der Waals surface area contributed by atoms with Gasteiger partial charge >= 0.3 is 6.18 Å². The lowest BCUT2D eigenvalue weighted by Crippen LogP contribution is -2.22. The molecule has 3 aromatic heterocycles. The lowest BCUT2D eigenvalue weighted by Gasteiger charge is -2.19. The molecule has 8 nitrogen and oxygen atoms in total. The number of amides is 1. The Kier molecular flexibility index (Phi) is 9.63. The number of benzene rings is 1. The van der Waals surface area contributed by atoms with E-state index in [2.05, 4.69) is 25.5 Å². The smallest absolute Gasteiger partial charge is 0.393 e. The summed E-state index contributed by atoms with van der Waals surface area (Å²) < 4.78 is 76.4. The van der Waals surface area contributed by atoms with Crippen LogP contribution in [0.15, 0.2) is 67.1 Å². The topological polar surface area (TPSA) is 96.0 Å². The van der Waals surface area contributed by atoms with Crippen molar-refractivity contribution in [1.29, 1.82) is 0 Å². The predicted molar refractivity (Wildman–Crippen MR) is 147 cm³/mol. The molecule has 0 fully saturated rings. The van der Waals surface area contributed by atoms with E-state index in [1.54, 1.807) is 20.2 Å². The fourth-order valence-electron chi connectivity index (χ4n) is 4.12. The molecule has 220 valence electrons. The van der Waals surface area contributed by atoms with Crippen molar-refractivity contribution in [2.45, 2.75) is 12.6 Å². The third-order valence-electron chi connectivity index (χ3n) is 6.09. The number of ether oxygens (including phenoxy) is 1. The van der Waals surface area contributed by atoms with Gasteiger partial charge in [0.1, 0.15) is 12.4 Å². The zero-order valence-corrected chi connectivity index (χ0v) is 22.7. The Morgan fingerprint density at radius 2 is 1.88 bits per heavy atom. The van der Waals surface area contributed by atoms with Crippen LogP contribution in [0.4, 0.5) is 22.0 Å². The second-order valence-corrected chi connectivity index (χ2v) is 9.34. The average molecular weight is 587 g/mol. The Morgan fingerprint density at radius 1 is 1.10 bits per heavy atom. The summed E-state index contributed by atoms with van der Waals surface area (Å²) in [5.41, 5.74) is 0.0654. The number of aromatic nitrogens is 4. The number of hydrogen-bond donors (Lipinski definition) is 2. The lowest BCUT2D eigenvalue weighted by molar-refractivity contribution is -0.124. The highest BCUT2D eigenvalue weighted by atomic mass is 19.4. The summed E-state index contributed by atoms with van der Waals surface area (Å²) in [6.07, 6.45) is 0.321. The van der Waals surface area contributed by atoms with Gasteiger partial charge < -0.3 is 15.0 Å². The van der Waals surface area contributed by atoms with E-state index in [1.165, 1.54) is 53.7 Å². The van der Waals surface area contributed by atoms with Crippen LogP contribution < -0.4 is 10.1 Å². The van der Waals surface area contributed by atoms with Crippen molar-refractivity contribution in [2.75, 3.05) is 33.8 Å². The van der Waals surface area contributed by atoms with Gasteiger partial charge in [-0.1, -0.05) is 12.1 Å². The zero-order chi connectivity index (χ0) is 30.3. The monoisotopic (exact) mass is 586 g/mol. The Labute approximate surface area is 237 Å². The van der Waals surface area contributed by atoms with Crippen LogP contribution >= 0.6 is 0 Å². The SMILES string of the molecule is CN(C)C(=O)C=CCNCCOc1ccc(C(=C(CC(F)(F)F)c2ccncc2F)c2ccc3n[nH]c(F)c3c2)cn1. The number of allylic oxidation sites excluding steroid dienone is 1. The van der Waals surface area contributed by atoms with Gasteiger partial charge in [-0.15, -0.1) is 0 Å². The maximum Gasteiger partial charge on any atom is 0.393 e. The highest BCUT2D eigenvalue weighted by Crippen LogP contribution is 2.40. The number of carbonyl (C=O) groups excluding carboxylic acids is 1. The molecule has 0 saturated carbocycles. The van der Waals surface area contributed by atoms with Crippen molar-refractivity contribution < 1.29 is 31.5 Å². The summed E-state index contributed by atoms with van der Waals surface area (Å²) in [5, 5.41) is 9.17. The molecular weight excluding hydrogens is 559 g/mol. The minimum Gasteiger partial charge on any atom is -0.476 e.